The molecule has 1 aromatic heterocycles. The van der Waals surface area contributed by atoms with Gasteiger partial charge in [-0.1, -0.05) is 6.07 Å². The Balaban J connectivity index is 2.51. The van der Waals surface area contributed by atoms with Crippen LogP contribution in [0.2, 0.25) is 0 Å². The monoisotopic (exact) mass is 305 g/mol. The van der Waals surface area contributed by atoms with Gasteiger partial charge >= 0.3 is 0 Å². The number of hydrogen-bond acceptors (Lipinski definition) is 3. The van der Waals surface area contributed by atoms with Crippen molar-refractivity contribution in [2.24, 2.45) is 0 Å². The molecule has 18 heavy (non-hydrogen) atoms. The van der Waals surface area contributed by atoms with E-state index in [9.17, 15) is 0 Å². The molecule has 92 valence electrons. The summed E-state index contributed by atoms with van der Waals surface area (Å²) in [5.41, 5.74) is 2.67. The average molecular weight is 306 g/mol. The highest BCUT2D eigenvalue weighted by Crippen LogP contribution is 2.25. The molecular weight excluding hydrogens is 294 g/mol. The van der Waals surface area contributed by atoms with Gasteiger partial charge in [0.1, 0.15) is 10.4 Å². The molecule has 2 rings (SSSR count). The Kier molecular flexibility index (Phi) is 3.68. The van der Waals surface area contributed by atoms with Crippen molar-refractivity contribution in [2.45, 2.75) is 13.3 Å². The molecule has 0 aliphatic heterocycles. The molecule has 0 aliphatic carbocycles. The predicted molar refractivity (Wildman–Crippen MR) is 71.9 cm³/mol. The minimum absolute atomic E-state index is 0.344. The lowest BCUT2D eigenvalue weighted by atomic mass is 10.2. The summed E-state index contributed by atoms with van der Waals surface area (Å²) >= 11 is 3.49. The second kappa shape index (κ2) is 5.23. The summed E-state index contributed by atoms with van der Waals surface area (Å²) in [5, 5.41) is 13.2. The van der Waals surface area contributed by atoms with Crippen LogP contribution in [-0.2, 0) is 6.42 Å². The van der Waals surface area contributed by atoms with E-state index >= 15 is 0 Å². The number of benzene rings is 1. The van der Waals surface area contributed by atoms with Crippen molar-refractivity contribution in [3.8, 4) is 17.5 Å². The highest BCUT2D eigenvalue weighted by atomic mass is 79.9. The first-order valence-corrected chi connectivity index (χ1v) is 6.22. The van der Waals surface area contributed by atoms with Gasteiger partial charge in [0.15, 0.2) is 0 Å². The minimum Gasteiger partial charge on any atom is -0.497 e. The zero-order chi connectivity index (χ0) is 13.1. The number of ether oxygens (including phenoxy) is 1. The van der Waals surface area contributed by atoms with Crippen LogP contribution in [0.25, 0.3) is 5.69 Å². The van der Waals surface area contributed by atoms with E-state index in [1.807, 2.05) is 31.2 Å². The number of halogens is 1. The maximum atomic E-state index is 8.80. The standard InChI is InChI=1S/C13H12BrN3O/c1-9-12(6-7-15)13(14)17(16-9)10-4-3-5-11(8-10)18-2/h3-5,8H,6H2,1-2H3. The van der Waals surface area contributed by atoms with Gasteiger partial charge in [0.25, 0.3) is 0 Å². The van der Waals surface area contributed by atoms with Crippen molar-refractivity contribution in [1.82, 2.24) is 9.78 Å². The Morgan fingerprint density at radius 1 is 1.50 bits per heavy atom. The lowest BCUT2D eigenvalue weighted by molar-refractivity contribution is 0.414. The van der Waals surface area contributed by atoms with Crippen LogP contribution < -0.4 is 4.74 Å². The number of aryl methyl sites for hydroxylation is 1. The van der Waals surface area contributed by atoms with E-state index in [1.165, 1.54) is 0 Å². The first-order valence-electron chi connectivity index (χ1n) is 5.42. The molecule has 0 radical (unpaired) electrons. The van der Waals surface area contributed by atoms with Crippen LogP contribution >= 0.6 is 15.9 Å². The first-order chi connectivity index (χ1) is 8.67. The van der Waals surface area contributed by atoms with Crippen molar-refractivity contribution < 1.29 is 4.74 Å². The fourth-order valence-corrected chi connectivity index (χ4v) is 2.44. The zero-order valence-electron chi connectivity index (χ0n) is 10.1. The third-order valence-electron chi connectivity index (χ3n) is 2.68. The van der Waals surface area contributed by atoms with Gasteiger partial charge in [-0.05, 0) is 35.0 Å². The molecule has 1 heterocycles. The largest absolute Gasteiger partial charge is 0.497 e. The highest BCUT2D eigenvalue weighted by Gasteiger charge is 2.13. The molecule has 2 aromatic rings. The van der Waals surface area contributed by atoms with E-state index in [0.717, 1.165) is 27.3 Å². The summed E-state index contributed by atoms with van der Waals surface area (Å²) < 4.78 is 7.77. The lowest BCUT2D eigenvalue weighted by Crippen LogP contribution is -1.97. The van der Waals surface area contributed by atoms with Crippen molar-refractivity contribution in [1.29, 1.82) is 5.26 Å². The van der Waals surface area contributed by atoms with E-state index in [-0.39, 0.29) is 0 Å². The summed E-state index contributed by atoms with van der Waals surface area (Å²) in [6.45, 7) is 1.90. The second-order valence-electron chi connectivity index (χ2n) is 3.80. The number of nitriles is 1. The number of rotatable bonds is 3. The predicted octanol–water partition coefficient (Wildman–Crippen LogP) is 3.02. The Hall–Kier alpha value is -1.80. The third kappa shape index (κ3) is 2.24. The van der Waals surface area contributed by atoms with Crippen LogP contribution in [0.5, 0.6) is 5.75 Å². The molecule has 0 spiro atoms. The zero-order valence-corrected chi connectivity index (χ0v) is 11.7. The van der Waals surface area contributed by atoms with Crippen LogP contribution in [0.15, 0.2) is 28.9 Å². The molecule has 4 nitrogen and oxygen atoms in total. The van der Waals surface area contributed by atoms with E-state index in [1.54, 1.807) is 11.8 Å². The third-order valence-corrected chi connectivity index (χ3v) is 3.49. The maximum Gasteiger partial charge on any atom is 0.121 e. The summed E-state index contributed by atoms with van der Waals surface area (Å²) in [5.74, 6) is 0.773. The first kappa shape index (κ1) is 12.7. The van der Waals surface area contributed by atoms with Gasteiger partial charge in [0, 0.05) is 11.6 Å². The number of methoxy groups -OCH3 is 1. The smallest absolute Gasteiger partial charge is 0.121 e. The van der Waals surface area contributed by atoms with E-state index in [2.05, 4.69) is 27.1 Å². The molecule has 0 bridgehead atoms. The minimum atomic E-state index is 0.344. The molecule has 5 heteroatoms. The van der Waals surface area contributed by atoms with Gasteiger partial charge in [0.05, 0.1) is 31.0 Å². The van der Waals surface area contributed by atoms with Crippen molar-refractivity contribution >= 4 is 15.9 Å². The SMILES string of the molecule is COc1cccc(-n2nc(C)c(CC#N)c2Br)c1. The molecule has 0 aliphatic rings. The lowest BCUT2D eigenvalue weighted by Gasteiger charge is -2.05. The molecule has 0 saturated heterocycles. The number of aromatic nitrogens is 2. The summed E-state index contributed by atoms with van der Waals surface area (Å²) in [4.78, 5) is 0. The Morgan fingerprint density at radius 2 is 2.28 bits per heavy atom. The quantitative estimate of drug-likeness (QED) is 0.876. The summed E-state index contributed by atoms with van der Waals surface area (Å²) in [7, 11) is 1.63. The Morgan fingerprint density at radius 3 is 2.94 bits per heavy atom. The normalized spacial score (nSPS) is 10.1. The molecular formula is C13H12BrN3O. The van der Waals surface area contributed by atoms with Crippen LogP contribution in [0.4, 0.5) is 0 Å². The van der Waals surface area contributed by atoms with Crippen molar-refractivity contribution in [3.63, 3.8) is 0 Å². The molecule has 1 aromatic carbocycles. The fourth-order valence-electron chi connectivity index (χ4n) is 1.72. The van der Waals surface area contributed by atoms with Gasteiger partial charge in [-0.3, -0.25) is 0 Å². The highest BCUT2D eigenvalue weighted by molar-refractivity contribution is 9.10. The van der Waals surface area contributed by atoms with Crippen LogP contribution in [0.1, 0.15) is 11.3 Å². The van der Waals surface area contributed by atoms with Crippen LogP contribution in [0.3, 0.4) is 0 Å². The Bertz CT molecular complexity index is 613. The van der Waals surface area contributed by atoms with Crippen LogP contribution in [-0.4, -0.2) is 16.9 Å². The molecule has 0 atom stereocenters. The van der Waals surface area contributed by atoms with E-state index in [0.29, 0.717) is 6.42 Å². The van der Waals surface area contributed by atoms with Crippen LogP contribution in [0, 0.1) is 18.3 Å². The molecule has 0 N–H and O–H groups in total. The Labute approximate surface area is 114 Å². The maximum absolute atomic E-state index is 8.80. The van der Waals surface area contributed by atoms with Gasteiger partial charge in [-0.2, -0.15) is 10.4 Å². The van der Waals surface area contributed by atoms with Gasteiger partial charge < -0.3 is 4.74 Å². The van der Waals surface area contributed by atoms with Crippen molar-refractivity contribution in [2.75, 3.05) is 7.11 Å². The van der Waals surface area contributed by atoms with Gasteiger partial charge in [-0.25, -0.2) is 4.68 Å². The molecule has 0 amide bonds. The van der Waals surface area contributed by atoms with Gasteiger partial charge in [0.2, 0.25) is 0 Å². The van der Waals surface area contributed by atoms with Crippen molar-refractivity contribution in [3.05, 3.63) is 40.1 Å². The molecule has 0 saturated carbocycles. The van der Waals surface area contributed by atoms with E-state index < -0.39 is 0 Å². The number of hydrogen-bond donors (Lipinski definition) is 0. The average Bonchev–Trinajstić information content (AvgIpc) is 2.67. The number of nitrogens with zero attached hydrogens (tertiary/aromatic N) is 3. The van der Waals surface area contributed by atoms with Gasteiger partial charge in [-0.15, -0.1) is 0 Å². The molecule has 0 unspecified atom stereocenters. The summed E-state index contributed by atoms with van der Waals surface area (Å²) in [6.07, 6.45) is 0.344. The molecule has 0 fully saturated rings. The van der Waals surface area contributed by atoms with E-state index in [4.69, 9.17) is 10.00 Å². The topological polar surface area (TPSA) is 50.8 Å². The second-order valence-corrected chi connectivity index (χ2v) is 4.55. The fraction of sp³-hybridized carbons (Fsp3) is 0.231. The summed E-state index contributed by atoms with van der Waals surface area (Å²) in [6, 6.07) is 9.76.